The largest absolute Gasteiger partial charge is 0.467 e. The average molecular weight is 379 g/mol. The molecule has 1 saturated heterocycles. The Bertz CT molecular complexity index is 586. The van der Waals surface area contributed by atoms with Gasteiger partial charge in [0.25, 0.3) is 0 Å². The van der Waals surface area contributed by atoms with Crippen molar-refractivity contribution in [3.05, 3.63) is 24.2 Å². The van der Waals surface area contributed by atoms with E-state index in [2.05, 4.69) is 6.92 Å². The van der Waals surface area contributed by atoms with Crippen molar-refractivity contribution < 1.29 is 18.7 Å². The number of rotatable bonds is 9. The number of hydrogen-bond acceptors (Lipinski definition) is 4. The molecule has 1 aliphatic heterocycles. The van der Waals surface area contributed by atoms with Gasteiger partial charge in [0, 0.05) is 25.1 Å². The van der Waals surface area contributed by atoms with Gasteiger partial charge in [-0.1, -0.05) is 34.1 Å². The molecule has 0 spiro atoms. The zero-order valence-corrected chi connectivity index (χ0v) is 17.2. The highest BCUT2D eigenvalue weighted by atomic mass is 16.5. The number of unbranched alkanes of at least 4 members (excludes halogenated alkanes) is 1. The number of nitrogens with zero attached hydrogens (tertiary/aromatic N) is 2. The Balaban J connectivity index is 2.08. The predicted octanol–water partition coefficient (Wildman–Crippen LogP) is 3.46. The van der Waals surface area contributed by atoms with Gasteiger partial charge in [-0.3, -0.25) is 9.59 Å². The van der Waals surface area contributed by atoms with Crippen LogP contribution in [0.3, 0.4) is 0 Å². The van der Waals surface area contributed by atoms with Gasteiger partial charge in [-0.15, -0.1) is 0 Å². The summed E-state index contributed by atoms with van der Waals surface area (Å²) < 4.78 is 11.2. The Morgan fingerprint density at radius 1 is 1.26 bits per heavy atom. The van der Waals surface area contributed by atoms with Crippen LogP contribution in [0.2, 0.25) is 0 Å². The maximum absolute atomic E-state index is 13.1. The molecule has 1 aromatic rings. The summed E-state index contributed by atoms with van der Waals surface area (Å²) in [5, 5.41) is 0. The first-order chi connectivity index (χ1) is 12.8. The van der Waals surface area contributed by atoms with Crippen molar-refractivity contribution >= 4 is 11.8 Å². The van der Waals surface area contributed by atoms with Gasteiger partial charge in [-0.25, -0.2) is 0 Å². The molecule has 1 atom stereocenters. The van der Waals surface area contributed by atoms with Crippen molar-refractivity contribution in [3.8, 4) is 0 Å². The zero-order chi connectivity index (χ0) is 19.9. The highest BCUT2D eigenvalue weighted by molar-refractivity contribution is 5.87. The first-order valence-corrected chi connectivity index (χ1v) is 10.0. The average Bonchev–Trinajstić information content (AvgIpc) is 3.30. The molecule has 0 radical (unpaired) electrons. The normalized spacial score (nSPS) is 17.1. The molecule has 1 aromatic heterocycles. The smallest absolute Gasteiger partial charge is 0.242 e. The van der Waals surface area contributed by atoms with Crippen LogP contribution in [0.15, 0.2) is 22.8 Å². The summed E-state index contributed by atoms with van der Waals surface area (Å²) in [6, 6.07) is 3.69. The lowest BCUT2D eigenvalue weighted by Crippen LogP contribution is -2.48. The molecule has 6 heteroatoms. The topological polar surface area (TPSA) is 63.0 Å². The van der Waals surface area contributed by atoms with Gasteiger partial charge < -0.3 is 19.0 Å². The van der Waals surface area contributed by atoms with E-state index in [9.17, 15) is 9.59 Å². The molecule has 0 unspecified atom stereocenters. The van der Waals surface area contributed by atoms with Crippen LogP contribution in [0.1, 0.15) is 59.1 Å². The van der Waals surface area contributed by atoms with Crippen LogP contribution < -0.4 is 0 Å². The highest BCUT2D eigenvalue weighted by Gasteiger charge is 2.30. The molecular formula is C21H34N2O4. The second-order valence-electron chi connectivity index (χ2n) is 8.32. The molecule has 1 fully saturated rings. The Morgan fingerprint density at radius 2 is 2.04 bits per heavy atom. The van der Waals surface area contributed by atoms with E-state index < -0.39 is 5.41 Å². The maximum atomic E-state index is 13.1. The summed E-state index contributed by atoms with van der Waals surface area (Å²) in [6.45, 7) is 10.2. The highest BCUT2D eigenvalue weighted by Crippen LogP contribution is 2.19. The van der Waals surface area contributed by atoms with Crippen LogP contribution in [0.25, 0.3) is 0 Å². The van der Waals surface area contributed by atoms with Crippen molar-refractivity contribution in [2.45, 2.75) is 66.0 Å². The van der Waals surface area contributed by atoms with Gasteiger partial charge in [0.15, 0.2) is 0 Å². The molecule has 2 rings (SSSR count). The standard InChI is InChI=1S/C21H34N2O4/c1-5-6-11-22(20(25)21(2,3)4)16-19(24)23(14-17-9-7-12-26-17)15-18-10-8-13-27-18/h7,9,12,18H,5-6,8,10-11,13-16H2,1-4H3/t18-/m0/s1. The molecule has 1 aliphatic rings. The van der Waals surface area contributed by atoms with E-state index in [0.29, 0.717) is 19.6 Å². The Morgan fingerprint density at radius 3 is 2.59 bits per heavy atom. The van der Waals surface area contributed by atoms with E-state index in [1.807, 2.05) is 32.9 Å². The third kappa shape index (κ3) is 6.69. The van der Waals surface area contributed by atoms with E-state index in [1.54, 1.807) is 16.1 Å². The van der Waals surface area contributed by atoms with Gasteiger partial charge in [-0.2, -0.15) is 0 Å². The van der Waals surface area contributed by atoms with Crippen LogP contribution in [0, 0.1) is 5.41 Å². The van der Waals surface area contributed by atoms with Gasteiger partial charge >= 0.3 is 0 Å². The third-order valence-electron chi connectivity index (χ3n) is 4.76. The zero-order valence-electron chi connectivity index (χ0n) is 17.2. The van der Waals surface area contributed by atoms with Gasteiger partial charge in [0.05, 0.1) is 25.5 Å². The minimum absolute atomic E-state index is 0.0133. The molecule has 0 N–H and O–H groups in total. The fraction of sp³-hybridized carbons (Fsp3) is 0.714. The fourth-order valence-corrected chi connectivity index (χ4v) is 3.22. The summed E-state index contributed by atoms with van der Waals surface area (Å²) in [7, 11) is 0. The Kier molecular flexibility index (Phi) is 7.90. The van der Waals surface area contributed by atoms with Gasteiger partial charge in [-0.05, 0) is 31.4 Å². The van der Waals surface area contributed by atoms with Crippen LogP contribution in [0.4, 0.5) is 0 Å². The lowest BCUT2D eigenvalue weighted by Gasteiger charge is -2.32. The summed E-state index contributed by atoms with van der Waals surface area (Å²) in [4.78, 5) is 29.4. The lowest BCUT2D eigenvalue weighted by atomic mass is 9.94. The van der Waals surface area contributed by atoms with Crippen molar-refractivity contribution in [2.24, 2.45) is 5.41 Å². The second-order valence-corrected chi connectivity index (χ2v) is 8.32. The molecule has 27 heavy (non-hydrogen) atoms. The number of carbonyl (C=O) groups excluding carboxylic acids is 2. The first-order valence-electron chi connectivity index (χ1n) is 10.0. The van der Waals surface area contributed by atoms with Gasteiger partial charge in [0.2, 0.25) is 11.8 Å². The van der Waals surface area contributed by atoms with E-state index in [-0.39, 0.29) is 24.5 Å². The second kappa shape index (κ2) is 9.93. The molecule has 2 amide bonds. The summed E-state index contributed by atoms with van der Waals surface area (Å²) in [5.74, 6) is 0.693. The molecule has 0 saturated carbocycles. The van der Waals surface area contributed by atoms with Crippen LogP contribution in [-0.4, -0.2) is 54.0 Å². The quantitative estimate of drug-likeness (QED) is 0.660. The number of hydrogen-bond donors (Lipinski definition) is 0. The summed E-state index contributed by atoms with van der Waals surface area (Å²) in [5.41, 5.74) is -0.506. The SMILES string of the molecule is CCCCN(CC(=O)N(Cc1ccco1)C[C@@H]1CCCO1)C(=O)C(C)(C)C. The number of ether oxygens (including phenoxy) is 1. The molecule has 0 bridgehead atoms. The summed E-state index contributed by atoms with van der Waals surface area (Å²) in [6.07, 6.45) is 5.53. The van der Waals surface area contributed by atoms with Crippen molar-refractivity contribution in [2.75, 3.05) is 26.2 Å². The van der Waals surface area contributed by atoms with Gasteiger partial charge in [0.1, 0.15) is 5.76 Å². The predicted molar refractivity (Wildman–Crippen MR) is 104 cm³/mol. The number of carbonyl (C=O) groups is 2. The lowest BCUT2D eigenvalue weighted by molar-refractivity contribution is -0.146. The summed E-state index contributed by atoms with van der Waals surface area (Å²) >= 11 is 0. The number of furan rings is 1. The maximum Gasteiger partial charge on any atom is 0.242 e. The number of amides is 2. The van der Waals surface area contributed by atoms with Crippen molar-refractivity contribution in [3.63, 3.8) is 0 Å². The Labute approximate surface area is 162 Å². The van der Waals surface area contributed by atoms with Crippen LogP contribution >= 0.6 is 0 Å². The van der Waals surface area contributed by atoms with E-state index in [4.69, 9.17) is 9.15 Å². The molecule has 152 valence electrons. The van der Waals surface area contributed by atoms with Crippen LogP contribution in [0.5, 0.6) is 0 Å². The van der Waals surface area contributed by atoms with E-state index in [1.165, 1.54) is 0 Å². The molecule has 0 aliphatic carbocycles. The fourth-order valence-electron chi connectivity index (χ4n) is 3.22. The molecule has 2 heterocycles. The molecule has 6 nitrogen and oxygen atoms in total. The molecule has 0 aromatic carbocycles. The molecular weight excluding hydrogens is 344 g/mol. The minimum Gasteiger partial charge on any atom is -0.467 e. The Hall–Kier alpha value is -1.82. The van der Waals surface area contributed by atoms with E-state index in [0.717, 1.165) is 38.1 Å². The van der Waals surface area contributed by atoms with Crippen molar-refractivity contribution in [1.29, 1.82) is 0 Å². The monoisotopic (exact) mass is 378 g/mol. The van der Waals surface area contributed by atoms with E-state index >= 15 is 0 Å². The van der Waals surface area contributed by atoms with Crippen LogP contribution in [-0.2, 0) is 20.9 Å². The minimum atomic E-state index is -0.506. The third-order valence-corrected chi connectivity index (χ3v) is 4.76. The van der Waals surface area contributed by atoms with Crippen molar-refractivity contribution in [1.82, 2.24) is 9.80 Å². The first kappa shape index (κ1) is 21.5.